The van der Waals surface area contributed by atoms with E-state index >= 15 is 0 Å². The highest BCUT2D eigenvalue weighted by atomic mass is 14.7. The van der Waals surface area contributed by atoms with Crippen LogP contribution in [-0.4, -0.2) is 19.9 Å². The highest BCUT2D eigenvalue weighted by Crippen LogP contribution is 2.39. The topological polar surface area (TPSA) is 51.6 Å². The van der Waals surface area contributed by atoms with Gasteiger partial charge in [-0.25, -0.2) is 0 Å². The Morgan fingerprint density at radius 2 is 0.775 bits per heavy atom. The van der Waals surface area contributed by atoms with Crippen LogP contribution in [0.2, 0.25) is 0 Å². The van der Waals surface area contributed by atoms with Crippen LogP contribution in [0.5, 0.6) is 0 Å². The third kappa shape index (κ3) is 3.77. The van der Waals surface area contributed by atoms with Gasteiger partial charge in [0.2, 0.25) is 0 Å². The SMILES string of the molecule is c1cncc(-c2ccc(-c3cc4ccc5cc(-c6ccc(-c7cccnc7)nc6)cc6ccc(c3)c4c56)cn2)c1. The molecule has 4 aromatic carbocycles. The maximum atomic E-state index is 4.72. The van der Waals surface area contributed by atoms with Crippen LogP contribution in [0, 0.1) is 0 Å². The molecule has 4 nitrogen and oxygen atoms in total. The van der Waals surface area contributed by atoms with Crippen molar-refractivity contribution in [3.63, 3.8) is 0 Å². The number of hydrogen-bond donors (Lipinski definition) is 0. The van der Waals surface area contributed by atoms with E-state index in [0.29, 0.717) is 0 Å². The average Bonchev–Trinajstić information content (AvgIpc) is 3.04. The van der Waals surface area contributed by atoms with E-state index in [9.17, 15) is 0 Å². The zero-order chi connectivity index (χ0) is 26.5. The van der Waals surface area contributed by atoms with Crippen LogP contribution in [0.1, 0.15) is 0 Å². The molecule has 4 heteroatoms. The smallest absolute Gasteiger partial charge is 0.0717 e. The molecule has 0 unspecified atom stereocenters. The maximum absolute atomic E-state index is 4.72. The molecule has 0 N–H and O–H groups in total. The Hall–Kier alpha value is -5.48. The standard InChI is InChI=1S/C36H22N4/c1-3-29(19-37-13-1)33-11-9-27(21-39-33)31-15-23-5-7-25-17-32(18-26-8-6-24(16-31)35(23)36(25)26)28-10-12-34(40-22-28)30-4-2-14-38-20-30/h1-22H. The molecule has 4 aromatic heterocycles. The van der Waals surface area contributed by atoms with Crippen molar-refractivity contribution >= 4 is 32.3 Å². The van der Waals surface area contributed by atoms with Crippen molar-refractivity contribution in [1.29, 1.82) is 0 Å². The third-order valence-corrected chi connectivity index (χ3v) is 7.64. The quantitative estimate of drug-likeness (QED) is 0.222. The van der Waals surface area contributed by atoms with E-state index in [-0.39, 0.29) is 0 Å². The first-order valence-corrected chi connectivity index (χ1v) is 13.3. The van der Waals surface area contributed by atoms with Crippen LogP contribution < -0.4 is 0 Å². The fourth-order valence-corrected chi connectivity index (χ4v) is 5.67. The fourth-order valence-electron chi connectivity index (χ4n) is 5.67. The largest absolute Gasteiger partial charge is 0.264 e. The minimum absolute atomic E-state index is 0.923. The summed E-state index contributed by atoms with van der Waals surface area (Å²) in [5.74, 6) is 0. The van der Waals surface area contributed by atoms with Gasteiger partial charge in [0.15, 0.2) is 0 Å². The molecule has 40 heavy (non-hydrogen) atoms. The monoisotopic (exact) mass is 510 g/mol. The molecule has 8 rings (SSSR count). The number of rotatable bonds is 4. The Morgan fingerprint density at radius 3 is 1.10 bits per heavy atom. The predicted molar refractivity (Wildman–Crippen MR) is 163 cm³/mol. The molecule has 0 amide bonds. The molecule has 0 fully saturated rings. The van der Waals surface area contributed by atoms with E-state index in [0.717, 1.165) is 44.8 Å². The highest BCUT2D eigenvalue weighted by Gasteiger charge is 2.13. The Morgan fingerprint density at radius 1 is 0.350 bits per heavy atom. The lowest BCUT2D eigenvalue weighted by atomic mass is 9.90. The van der Waals surface area contributed by atoms with Gasteiger partial charge in [-0.1, -0.05) is 36.4 Å². The second kappa shape index (κ2) is 9.07. The molecule has 8 aromatic rings. The second-order valence-corrected chi connectivity index (χ2v) is 10.1. The summed E-state index contributed by atoms with van der Waals surface area (Å²) in [5, 5.41) is 7.54. The maximum Gasteiger partial charge on any atom is 0.0717 e. The molecule has 0 aliphatic heterocycles. The second-order valence-electron chi connectivity index (χ2n) is 10.1. The Bertz CT molecular complexity index is 1900. The minimum atomic E-state index is 0.923. The minimum Gasteiger partial charge on any atom is -0.264 e. The molecule has 186 valence electrons. The first-order valence-electron chi connectivity index (χ1n) is 13.3. The summed E-state index contributed by atoms with van der Waals surface area (Å²) in [6.45, 7) is 0. The van der Waals surface area contributed by atoms with E-state index in [1.165, 1.54) is 32.3 Å². The van der Waals surface area contributed by atoms with Gasteiger partial charge in [0.25, 0.3) is 0 Å². The number of benzene rings is 4. The van der Waals surface area contributed by atoms with Crippen LogP contribution in [0.4, 0.5) is 0 Å². The normalized spacial score (nSPS) is 11.5. The lowest BCUT2D eigenvalue weighted by molar-refractivity contribution is 1.28. The fraction of sp³-hybridized carbons (Fsp3) is 0. The van der Waals surface area contributed by atoms with Gasteiger partial charge in [-0.15, -0.1) is 0 Å². The third-order valence-electron chi connectivity index (χ3n) is 7.64. The molecule has 4 heterocycles. The number of pyridine rings is 4. The van der Waals surface area contributed by atoms with Gasteiger partial charge in [0, 0.05) is 59.4 Å². The zero-order valence-corrected chi connectivity index (χ0v) is 21.5. The van der Waals surface area contributed by atoms with E-state index in [1.807, 2.05) is 49.1 Å². The summed E-state index contributed by atoms with van der Waals surface area (Å²) in [4.78, 5) is 17.9. The number of aromatic nitrogens is 4. The van der Waals surface area contributed by atoms with Crippen LogP contribution in [0.3, 0.4) is 0 Å². The van der Waals surface area contributed by atoms with E-state index in [1.54, 1.807) is 12.4 Å². The first kappa shape index (κ1) is 22.5. The first-order chi connectivity index (χ1) is 19.8. The zero-order valence-electron chi connectivity index (χ0n) is 21.5. The van der Waals surface area contributed by atoms with E-state index in [2.05, 4.69) is 82.8 Å². The van der Waals surface area contributed by atoms with Gasteiger partial charge >= 0.3 is 0 Å². The average molecular weight is 511 g/mol. The predicted octanol–water partition coefficient (Wildman–Crippen LogP) is 8.83. The van der Waals surface area contributed by atoms with Crippen molar-refractivity contribution in [2.75, 3.05) is 0 Å². The van der Waals surface area contributed by atoms with Crippen molar-refractivity contribution in [1.82, 2.24) is 19.9 Å². The summed E-state index contributed by atoms with van der Waals surface area (Å²) in [6, 6.07) is 34.4. The van der Waals surface area contributed by atoms with Gasteiger partial charge in [-0.05, 0) is 104 Å². The summed E-state index contributed by atoms with van der Waals surface area (Å²) < 4.78 is 0. The highest BCUT2D eigenvalue weighted by molar-refractivity contribution is 6.24. The molecular formula is C36H22N4. The molecular weight excluding hydrogens is 488 g/mol. The van der Waals surface area contributed by atoms with Crippen LogP contribution in [0.15, 0.2) is 134 Å². The van der Waals surface area contributed by atoms with Crippen LogP contribution >= 0.6 is 0 Å². The van der Waals surface area contributed by atoms with Gasteiger partial charge in [0.05, 0.1) is 11.4 Å². The molecule has 0 saturated heterocycles. The van der Waals surface area contributed by atoms with Crippen molar-refractivity contribution in [3.05, 3.63) is 134 Å². The summed E-state index contributed by atoms with van der Waals surface area (Å²) >= 11 is 0. The number of hydrogen-bond acceptors (Lipinski definition) is 4. The lowest BCUT2D eigenvalue weighted by Gasteiger charge is -2.14. The molecule has 0 spiro atoms. The Balaban J connectivity index is 1.19. The lowest BCUT2D eigenvalue weighted by Crippen LogP contribution is -1.89. The molecule has 0 bridgehead atoms. The molecule has 0 aliphatic rings. The van der Waals surface area contributed by atoms with Gasteiger partial charge in [0.1, 0.15) is 0 Å². The molecule has 0 aliphatic carbocycles. The van der Waals surface area contributed by atoms with Gasteiger partial charge in [-0.2, -0.15) is 0 Å². The summed E-state index contributed by atoms with van der Waals surface area (Å²) in [6.07, 6.45) is 11.1. The van der Waals surface area contributed by atoms with Crippen molar-refractivity contribution in [2.45, 2.75) is 0 Å². The van der Waals surface area contributed by atoms with E-state index < -0.39 is 0 Å². The van der Waals surface area contributed by atoms with Gasteiger partial charge < -0.3 is 0 Å². The van der Waals surface area contributed by atoms with E-state index in [4.69, 9.17) is 9.97 Å². The molecule has 0 atom stereocenters. The molecule has 0 radical (unpaired) electrons. The van der Waals surface area contributed by atoms with Crippen molar-refractivity contribution < 1.29 is 0 Å². The Kier molecular flexibility index (Phi) is 5.10. The summed E-state index contributed by atoms with van der Waals surface area (Å²) in [7, 11) is 0. The number of nitrogens with zero attached hydrogens (tertiary/aromatic N) is 4. The summed E-state index contributed by atoms with van der Waals surface area (Å²) in [5.41, 5.74) is 8.41. The van der Waals surface area contributed by atoms with Crippen LogP contribution in [-0.2, 0) is 0 Å². The van der Waals surface area contributed by atoms with Crippen LogP contribution in [0.25, 0.3) is 77.1 Å². The van der Waals surface area contributed by atoms with Crippen molar-refractivity contribution in [2.24, 2.45) is 0 Å². The van der Waals surface area contributed by atoms with Crippen molar-refractivity contribution in [3.8, 4) is 44.8 Å². The Labute approximate surface area is 231 Å². The van der Waals surface area contributed by atoms with Gasteiger partial charge in [-0.3, -0.25) is 19.9 Å². The molecule has 0 saturated carbocycles.